The molecule has 0 aliphatic rings. The second kappa shape index (κ2) is 4.97. The van der Waals surface area contributed by atoms with Crippen LogP contribution in [0, 0.1) is 0 Å². The Hall–Kier alpha value is -0.854. The summed E-state index contributed by atoms with van der Waals surface area (Å²) in [6.07, 6.45) is 2.85. The molecule has 59 valence electrons. The fourth-order valence-electron chi connectivity index (χ4n) is 0.382. The second-order valence-corrected chi connectivity index (χ2v) is 1.24. The van der Waals surface area contributed by atoms with Gasteiger partial charge in [-0.2, -0.15) is 0 Å². The molecule has 1 aromatic heterocycles. The molecule has 0 amide bonds. The largest absolute Gasteiger partial charge is 0.475 e. The average molecular weight is 188 g/mol. The number of aromatic amines is 1. The predicted molar refractivity (Wildman–Crippen MR) is 30.6 cm³/mol. The molecule has 0 fully saturated rings. The molecule has 5 nitrogen and oxygen atoms in total. The van der Waals surface area contributed by atoms with E-state index in [1.54, 1.807) is 0 Å². The van der Waals surface area contributed by atoms with Crippen molar-refractivity contribution in [3.63, 3.8) is 0 Å². The van der Waals surface area contributed by atoms with Crippen LogP contribution in [0.1, 0.15) is 10.6 Å². The summed E-state index contributed by atoms with van der Waals surface area (Å²) in [5.41, 5.74) is 0. The van der Waals surface area contributed by atoms with E-state index in [1.165, 1.54) is 12.4 Å². The van der Waals surface area contributed by atoms with Gasteiger partial charge in [0, 0.05) is 29.2 Å². The summed E-state index contributed by atoms with van der Waals surface area (Å²) < 4.78 is 0. The van der Waals surface area contributed by atoms with Gasteiger partial charge in [-0.1, -0.05) is 0 Å². The quantitative estimate of drug-likeness (QED) is 0.588. The van der Waals surface area contributed by atoms with Crippen LogP contribution in [0.2, 0.25) is 0 Å². The summed E-state index contributed by atoms with van der Waals surface area (Å²) in [5.74, 6) is -1.06. The van der Waals surface area contributed by atoms with E-state index in [0.29, 0.717) is 0 Å². The average Bonchev–Trinajstić information content (AvgIpc) is 2.12. The first-order chi connectivity index (χ1) is 3.80. The molecule has 5 N–H and O–H groups in total. The molecule has 10 heavy (non-hydrogen) atoms. The molecule has 0 aromatic carbocycles. The van der Waals surface area contributed by atoms with Crippen molar-refractivity contribution in [1.29, 1.82) is 0 Å². The second-order valence-electron chi connectivity index (χ2n) is 1.24. The van der Waals surface area contributed by atoms with Gasteiger partial charge in [-0.3, -0.25) is 0 Å². The van der Waals surface area contributed by atoms with Crippen LogP contribution in [0.15, 0.2) is 12.4 Å². The minimum absolute atomic E-state index is 0. The van der Waals surface area contributed by atoms with Crippen LogP contribution in [-0.4, -0.2) is 21.0 Å². The Morgan fingerprint density at radius 3 is 2.50 bits per heavy atom. The first-order valence-corrected chi connectivity index (χ1v) is 2.03. The van der Waals surface area contributed by atoms with Crippen molar-refractivity contribution in [2.24, 2.45) is 0 Å². The Balaban J connectivity index is 0. The molecule has 0 spiro atoms. The molecule has 1 radical (unpaired) electrons. The number of aromatic carboxylic acids is 1. The van der Waals surface area contributed by atoms with E-state index in [1.807, 2.05) is 0 Å². The minimum Gasteiger partial charge on any atom is -0.475 e. The zero-order chi connectivity index (χ0) is 5.98. The van der Waals surface area contributed by atoms with Crippen LogP contribution in [0.25, 0.3) is 0 Å². The van der Waals surface area contributed by atoms with E-state index in [-0.39, 0.29) is 28.8 Å². The van der Waals surface area contributed by atoms with Gasteiger partial charge in [0.1, 0.15) is 0 Å². The summed E-state index contributed by atoms with van der Waals surface area (Å²) in [5, 5.41) is 8.18. The van der Waals surface area contributed by atoms with Crippen molar-refractivity contribution >= 4 is 5.97 Å². The summed E-state index contributed by atoms with van der Waals surface area (Å²) in [7, 11) is 0. The van der Waals surface area contributed by atoms with E-state index in [2.05, 4.69) is 9.97 Å². The van der Waals surface area contributed by atoms with Gasteiger partial charge in [0.2, 0.25) is 5.82 Å². The zero-order valence-electron chi connectivity index (χ0n) is 5.00. The molecular formula is C4H7CoN3O2. The van der Waals surface area contributed by atoms with Crippen LogP contribution in [-0.2, 0) is 16.8 Å². The van der Waals surface area contributed by atoms with Crippen molar-refractivity contribution in [1.82, 2.24) is 16.1 Å². The smallest absolute Gasteiger partial charge is 0.371 e. The molecule has 0 saturated carbocycles. The molecule has 0 aliphatic carbocycles. The van der Waals surface area contributed by atoms with Crippen LogP contribution >= 0.6 is 0 Å². The molecule has 0 atom stereocenters. The van der Waals surface area contributed by atoms with Gasteiger partial charge in [0.05, 0.1) is 0 Å². The number of aromatic nitrogens is 2. The van der Waals surface area contributed by atoms with Crippen LogP contribution in [0.5, 0.6) is 0 Å². The number of nitrogens with one attached hydrogen (secondary N) is 1. The Morgan fingerprint density at radius 1 is 1.70 bits per heavy atom. The third-order valence-corrected chi connectivity index (χ3v) is 0.701. The number of carboxylic acids is 1. The maximum atomic E-state index is 9.97. The van der Waals surface area contributed by atoms with Gasteiger partial charge in [-0.05, 0) is 0 Å². The van der Waals surface area contributed by atoms with Gasteiger partial charge in [-0.15, -0.1) is 0 Å². The molecule has 1 aromatic rings. The Labute approximate surface area is 67.6 Å². The topological polar surface area (TPSA) is 101 Å². The standard InChI is InChI=1S/C4H4N2O2.Co.H3N/c7-4(8)3-5-1-2-6-3;;/h1-2H,(H,5,6)(H,7,8);;1H3. The van der Waals surface area contributed by atoms with Crippen LogP contribution in [0.4, 0.5) is 0 Å². The molecule has 1 heterocycles. The zero-order valence-corrected chi connectivity index (χ0v) is 6.04. The SMILES string of the molecule is N.O=C(O)c1ncc[nH]1.[Co]. The van der Waals surface area contributed by atoms with Crippen molar-refractivity contribution < 1.29 is 26.7 Å². The summed E-state index contributed by atoms with van der Waals surface area (Å²) in [6, 6.07) is 0. The summed E-state index contributed by atoms with van der Waals surface area (Å²) >= 11 is 0. The Morgan fingerprint density at radius 2 is 2.30 bits per heavy atom. The van der Waals surface area contributed by atoms with Crippen LogP contribution < -0.4 is 6.15 Å². The van der Waals surface area contributed by atoms with E-state index in [4.69, 9.17) is 5.11 Å². The fourth-order valence-corrected chi connectivity index (χ4v) is 0.382. The number of hydrogen-bond donors (Lipinski definition) is 3. The molecule has 0 aliphatic heterocycles. The Bertz CT molecular complexity index is 186. The third kappa shape index (κ3) is 2.62. The molecule has 0 unspecified atom stereocenters. The number of nitrogens with zero attached hydrogens (tertiary/aromatic N) is 1. The molecule has 0 saturated heterocycles. The van der Waals surface area contributed by atoms with E-state index < -0.39 is 5.97 Å². The van der Waals surface area contributed by atoms with Gasteiger partial charge < -0.3 is 16.2 Å². The van der Waals surface area contributed by atoms with Crippen molar-refractivity contribution in [3.05, 3.63) is 18.2 Å². The molecule has 6 heteroatoms. The van der Waals surface area contributed by atoms with Crippen molar-refractivity contribution in [2.75, 3.05) is 0 Å². The number of carboxylic acid groups (broad SMARTS) is 1. The van der Waals surface area contributed by atoms with Gasteiger partial charge in [0.15, 0.2) is 0 Å². The van der Waals surface area contributed by atoms with Crippen LogP contribution in [0.3, 0.4) is 0 Å². The summed E-state index contributed by atoms with van der Waals surface area (Å²) in [6.45, 7) is 0. The first-order valence-electron chi connectivity index (χ1n) is 2.03. The molecule has 1 rings (SSSR count). The first kappa shape index (κ1) is 11.9. The third-order valence-electron chi connectivity index (χ3n) is 0.701. The maximum absolute atomic E-state index is 9.97. The number of H-pyrrole nitrogens is 1. The Kier molecular flexibility index (Phi) is 5.91. The van der Waals surface area contributed by atoms with Gasteiger partial charge >= 0.3 is 5.97 Å². The fraction of sp³-hybridized carbons (Fsp3) is 0. The van der Waals surface area contributed by atoms with E-state index in [9.17, 15) is 4.79 Å². The van der Waals surface area contributed by atoms with Crippen molar-refractivity contribution in [2.45, 2.75) is 0 Å². The number of carbonyl (C=O) groups is 1. The monoisotopic (exact) mass is 188 g/mol. The predicted octanol–water partition coefficient (Wildman–Crippen LogP) is 0.267. The minimum atomic E-state index is -1.03. The van der Waals surface area contributed by atoms with Gasteiger partial charge in [0.25, 0.3) is 0 Å². The number of rotatable bonds is 1. The molecular weight excluding hydrogens is 181 g/mol. The number of imidazole rings is 1. The summed E-state index contributed by atoms with van der Waals surface area (Å²) in [4.78, 5) is 15.9. The number of hydrogen-bond acceptors (Lipinski definition) is 3. The van der Waals surface area contributed by atoms with Crippen molar-refractivity contribution in [3.8, 4) is 0 Å². The normalized spacial score (nSPS) is 7.20. The maximum Gasteiger partial charge on any atom is 0.371 e. The van der Waals surface area contributed by atoms with Gasteiger partial charge in [-0.25, -0.2) is 9.78 Å². The van der Waals surface area contributed by atoms with E-state index >= 15 is 0 Å². The van der Waals surface area contributed by atoms with E-state index in [0.717, 1.165) is 0 Å². The molecule has 0 bridgehead atoms.